The first-order valence-corrected chi connectivity index (χ1v) is 34.3. The molecule has 2 atom stereocenters. The molecular formula is C76H128NO8+. The number of nitrogens with zero attached hydrogens (tertiary/aromatic N) is 1. The van der Waals surface area contributed by atoms with Crippen LogP contribution in [0.5, 0.6) is 0 Å². The van der Waals surface area contributed by atoms with Gasteiger partial charge in [0.15, 0.2) is 6.10 Å². The van der Waals surface area contributed by atoms with Gasteiger partial charge in [0.05, 0.1) is 34.4 Å². The SMILES string of the molecule is CC/C=C\C/C=C\C/C=C\C/C=C\C/C=C\C/C=C\C/C=C\CCCCCCCCCCCCCCCCCC(=O)OC(COC(=O)CCCCCCCCCCCC/C=C\C/C=C\C/C=C\C/C=C\CC)COC(OCC[N+](C)(C)C)C(=O)O. The first kappa shape index (κ1) is 80.4. The number of ether oxygens (including phenoxy) is 4. The van der Waals surface area contributed by atoms with Crippen LogP contribution in [-0.4, -0.2) is 87.4 Å². The molecule has 0 aliphatic rings. The number of esters is 2. The molecule has 0 saturated carbocycles. The van der Waals surface area contributed by atoms with Crippen molar-refractivity contribution in [2.75, 3.05) is 47.5 Å². The Morgan fingerprint density at radius 3 is 0.941 bits per heavy atom. The van der Waals surface area contributed by atoms with E-state index >= 15 is 0 Å². The summed E-state index contributed by atoms with van der Waals surface area (Å²) in [4.78, 5) is 37.6. The highest BCUT2D eigenvalue weighted by atomic mass is 16.7. The lowest BCUT2D eigenvalue weighted by Gasteiger charge is -2.25. The van der Waals surface area contributed by atoms with Gasteiger partial charge in [-0.25, -0.2) is 4.79 Å². The van der Waals surface area contributed by atoms with Crippen LogP contribution >= 0.6 is 0 Å². The Balaban J connectivity index is 4.12. The number of aliphatic carboxylic acids is 1. The number of unbranched alkanes of at least 4 members (excludes halogenated alkanes) is 25. The van der Waals surface area contributed by atoms with Gasteiger partial charge < -0.3 is 28.5 Å². The molecule has 85 heavy (non-hydrogen) atoms. The van der Waals surface area contributed by atoms with Gasteiger partial charge in [-0.05, 0) is 109 Å². The summed E-state index contributed by atoms with van der Waals surface area (Å²) in [5.41, 5.74) is 0. The molecule has 0 spiro atoms. The van der Waals surface area contributed by atoms with Crippen molar-refractivity contribution in [1.29, 1.82) is 0 Å². The molecule has 0 saturated heterocycles. The summed E-state index contributed by atoms with van der Waals surface area (Å²) in [6, 6.07) is 0. The number of allylic oxidation sites excluding steroid dienone is 22. The standard InChI is InChI=1S/C76H127NO8/c1-6-8-10-12-14-16-18-20-22-24-26-28-30-31-32-33-34-35-36-37-38-39-40-41-42-43-45-47-49-51-53-55-57-59-61-63-65-67-74(79)85-72(71-84-76(75(80)81)82-69-68-77(3,4)5)70-83-73(78)66-64-62-60-58-56-54-52-50-48-46-44-29-27-25-23-21-19-17-15-13-11-9-7-2/h8-11,14-17,20-23,26-29,31-32,34-35,37-38,72,76H,6-7,12-13,18-19,24-25,30,33,36,39-71H2,1-5H3/p+1/b10-8-,11-9-,16-14-,17-15-,22-20-,23-21-,28-26-,29-27-,32-31-,35-34-,38-37-. The number of likely N-dealkylation sites (N-methyl/N-ethyl adjacent to an activating group) is 1. The lowest BCUT2D eigenvalue weighted by molar-refractivity contribution is -0.870. The first-order valence-electron chi connectivity index (χ1n) is 34.3. The Morgan fingerprint density at radius 2 is 0.635 bits per heavy atom. The number of carboxylic acid groups (broad SMARTS) is 1. The number of carbonyl (C=O) groups excluding carboxylic acids is 2. The van der Waals surface area contributed by atoms with E-state index in [1.807, 2.05) is 21.1 Å². The Bertz CT molecular complexity index is 1860. The Hall–Kier alpha value is -4.57. The lowest BCUT2D eigenvalue weighted by atomic mass is 10.0. The van der Waals surface area contributed by atoms with Gasteiger partial charge in [-0.1, -0.05) is 282 Å². The molecule has 0 rings (SSSR count). The van der Waals surface area contributed by atoms with Crippen molar-refractivity contribution in [1.82, 2.24) is 0 Å². The van der Waals surface area contributed by atoms with E-state index in [4.69, 9.17) is 18.9 Å². The molecule has 0 radical (unpaired) electrons. The number of hydrogen-bond acceptors (Lipinski definition) is 7. The average molecular weight is 1180 g/mol. The molecule has 1 N–H and O–H groups in total. The molecule has 0 aromatic carbocycles. The largest absolute Gasteiger partial charge is 0.477 e. The van der Waals surface area contributed by atoms with Gasteiger partial charge in [-0.3, -0.25) is 9.59 Å². The lowest BCUT2D eigenvalue weighted by Crippen LogP contribution is -2.40. The van der Waals surface area contributed by atoms with Crippen LogP contribution < -0.4 is 0 Å². The third-order valence-electron chi connectivity index (χ3n) is 14.4. The van der Waals surface area contributed by atoms with E-state index in [1.165, 1.54) is 128 Å². The van der Waals surface area contributed by atoms with Crippen LogP contribution in [0.1, 0.15) is 271 Å². The maximum Gasteiger partial charge on any atom is 0.361 e. The molecule has 484 valence electrons. The average Bonchev–Trinajstić information content (AvgIpc) is 3.48. The van der Waals surface area contributed by atoms with Gasteiger partial charge >= 0.3 is 17.9 Å². The molecule has 0 bridgehead atoms. The second-order valence-electron chi connectivity index (χ2n) is 23.7. The van der Waals surface area contributed by atoms with E-state index in [9.17, 15) is 19.5 Å². The predicted octanol–water partition coefficient (Wildman–Crippen LogP) is 21.4. The second-order valence-corrected chi connectivity index (χ2v) is 23.7. The van der Waals surface area contributed by atoms with Gasteiger partial charge in [0.2, 0.25) is 0 Å². The van der Waals surface area contributed by atoms with Crippen molar-refractivity contribution in [2.24, 2.45) is 0 Å². The zero-order chi connectivity index (χ0) is 61.9. The molecule has 9 heteroatoms. The molecule has 0 aromatic rings. The third kappa shape index (κ3) is 66.8. The highest BCUT2D eigenvalue weighted by Gasteiger charge is 2.25. The zero-order valence-corrected chi connectivity index (χ0v) is 55.2. The summed E-state index contributed by atoms with van der Waals surface area (Å²) < 4.78 is 23.0. The van der Waals surface area contributed by atoms with E-state index in [-0.39, 0.29) is 32.2 Å². The Labute approximate surface area is 522 Å². The molecule has 2 unspecified atom stereocenters. The number of carbonyl (C=O) groups is 3. The summed E-state index contributed by atoms with van der Waals surface area (Å²) in [5.74, 6) is -2.01. The highest BCUT2D eigenvalue weighted by Crippen LogP contribution is 2.17. The summed E-state index contributed by atoms with van der Waals surface area (Å²) in [6.45, 7) is 4.65. The minimum atomic E-state index is -1.52. The smallest absolute Gasteiger partial charge is 0.361 e. The normalized spacial score (nSPS) is 13.6. The molecule has 0 aliphatic heterocycles. The highest BCUT2D eigenvalue weighted by molar-refractivity contribution is 5.71. The van der Waals surface area contributed by atoms with Crippen LogP contribution in [0.4, 0.5) is 0 Å². The monoisotopic (exact) mass is 1180 g/mol. The van der Waals surface area contributed by atoms with Crippen molar-refractivity contribution in [3.05, 3.63) is 134 Å². The van der Waals surface area contributed by atoms with Crippen molar-refractivity contribution in [2.45, 2.75) is 283 Å². The summed E-state index contributed by atoms with van der Waals surface area (Å²) in [5, 5.41) is 9.74. The van der Waals surface area contributed by atoms with E-state index < -0.39 is 24.3 Å². The van der Waals surface area contributed by atoms with Crippen molar-refractivity contribution in [3.63, 3.8) is 0 Å². The fraction of sp³-hybridized carbons (Fsp3) is 0.671. The van der Waals surface area contributed by atoms with E-state index in [0.29, 0.717) is 23.9 Å². The van der Waals surface area contributed by atoms with Crippen molar-refractivity contribution >= 4 is 17.9 Å². The Kier molecular flexibility index (Phi) is 61.9. The molecule has 0 amide bonds. The number of hydrogen-bond donors (Lipinski definition) is 1. The number of carboxylic acids is 1. The van der Waals surface area contributed by atoms with E-state index in [2.05, 4.69) is 148 Å². The van der Waals surface area contributed by atoms with E-state index in [1.54, 1.807) is 0 Å². The molecule has 0 heterocycles. The minimum absolute atomic E-state index is 0.182. The molecular weight excluding hydrogens is 1050 g/mol. The third-order valence-corrected chi connectivity index (χ3v) is 14.4. The minimum Gasteiger partial charge on any atom is -0.477 e. The van der Waals surface area contributed by atoms with Crippen LogP contribution in [0.25, 0.3) is 0 Å². The molecule has 9 nitrogen and oxygen atoms in total. The molecule has 0 fully saturated rings. The summed E-state index contributed by atoms with van der Waals surface area (Å²) in [6.07, 6.45) is 91.2. The van der Waals surface area contributed by atoms with Gasteiger partial charge in [-0.2, -0.15) is 0 Å². The van der Waals surface area contributed by atoms with E-state index in [0.717, 1.165) is 109 Å². The first-order chi connectivity index (χ1) is 41.6. The fourth-order valence-corrected chi connectivity index (χ4v) is 9.22. The van der Waals surface area contributed by atoms with Crippen LogP contribution in [0.3, 0.4) is 0 Å². The Morgan fingerprint density at radius 1 is 0.353 bits per heavy atom. The number of quaternary nitrogens is 1. The number of rotatable bonds is 62. The van der Waals surface area contributed by atoms with Crippen LogP contribution in [0.2, 0.25) is 0 Å². The fourth-order valence-electron chi connectivity index (χ4n) is 9.22. The zero-order valence-electron chi connectivity index (χ0n) is 55.2. The second kappa shape index (κ2) is 65.4. The molecule has 0 aromatic heterocycles. The van der Waals surface area contributed by atoms with Gasteiger partial charge in [0, 0.05) is 12.8 Å². The van der Waals surface area contributed by atoms with Crippen LogP contribution in [0, 0.1) is 0 Å². The quantitative estimate of drug-likeness (QED) is 0.0211. The summed E-state index contributed by atoms with van der Waals surface area (Å²) >= 11 is 0. The topological polar surface area (TPSA) is 108 Å². The van der Waals surface area contributed by atoms with Gasteiger partial charge in [0.1, 0.15) is 13.2 Å². The summed E-state index contributed by atoms with van der Waals surface area (Å²) in [7, 11) is 5.97. The van der Waals surface area contributed by atoms with Crippen LogP contribution in [0.15, 0.2) is 134 Å². The van der Waals surface area contributed by atoms with Gasteiger partial charge in [-0.15, -0.1) is 0 Å². The van der Waals surface area contributed by atoms with Crippen LogP contribution in [-0.2, 0) is 33.3 Å². The van der Waals surface area contributed by atoms with Gasteiger partial charge in [0.25, 0.3) is 6.29 Å². The maximum absolute atomic E-state index is 12.9. The predicted molar refractivity (Wildman–Crippen MR) is 364 cm³/mol. The van der Waals surface area contributed by atoms with Crippen molar-refractivity contribution < 1.29 is 42.9 Å². The molecule has 0 aliphatic carbocycles. The maximum atomic E-state index is 12.9. The van der Waals surface area contributed by atoms with Crippen molar-refractivity contribution in [3.8, 4) is 0 Å².